The van der Waals surface area contributed by atoms with Gasteiger partial charge in [-0.1, -0.05) is 103 Å². The molecule has 0 aromatic heterocycles. The molecule has 0 heterocycles. The van der Waals surface area contributed by atoms with Gasteiger partial charge in [-0.2, -0.15) is 0 Å². The summed E-state index contributed by atoms with van der Waals surface area (Å²) in [5.41, 5.74) is 3.53. The van der Waals surface area contributed by atoms with Crippen molar-refractivity contribution in [3.8, 4) is 0 Å². The molecule has 0 amide bonds. The molecule has 0 spiro atoms. The lowest BCUT2D eigenvalue weighted by molar-refractivity contribution is 1.32. The first-order valence-electron chi connectivity index (χ1n) is 10.6. The molecule has 0 aliphatic rings. The van der Waals surface area contributed by atoms with Crippen LogP contribution in [0.15, 0.2) is 127 Å². The van der Waals surface area contributed by atoms with Gasteiger partial charge in [0.25, 0.3) is 0 Å². The molecule has 0 bridgehead atoms. The van der Waals surface area contributed by atoms with Gasteiger partial charge in [0.15, 0.2) is 0 Å². The van der Waals surface area contributed by atoms with Gasteiger partial charge in [0.05, 0.1) is 11.4 Å². The van der Waals surface area contributed by atoms with E-state index in [0.717, 1.165) is 5.69 Å². The zero-order chi connectivity index (χ0) is 20.6. The first-order chi connectivity index (χ1) is 15.4. The van der Waals surface area contributed by atoms with Crippen LogP contribution in [0, 0.1) is 0 Å². The third kappa shape index (κ3) is 2.94. The zero-order valence-electron chi connectivity index (χ0n) is 17.1. The van der Waals surface area contributed by atoms with Crippen molar-refractivity contribution in [2.75, 3.05) is 4.90 Å². The minimum Gasteiger partial charge on any atom is -0.309 e. The quantitative estimate of drug-likeness (QED) is 0.271. The average Bonchev–Trinajstić information content (AvgIpc) is 2.85. The number of para-hydroxylation sites is 1. The molecular formula is C30H21N. The Morgan fingerprint density at radius 1 is 0.355 bits per heavy atom. The van der Waals surface area contributed by atoms with E-state index in [1.54, 1.807) is 0 Å². The molecule has 31 heavy (non-hydrogen) atoms. The monoisotopic (exact) mass is 395 g/mol. The summed E-state index contributed by atoms with van der Waals surface area (Å²) in [5, 5.41) is 7.54. The van der Waals surface area contributed by atoms with Gasteiger partial charge in [-0.25, -0.2) is 0 Å². The molecule has 1 heteroatoms. The number of rotatable bonds is 3. The Morgan fingerprint density at radius 3 is 1.74 bits per heavy atom. The van der Waals surface area contributed by atoms with Gasteiger partial charge >= 0.3 is 0 Å². The van der Waals surface area contributed by atoms with E-state index < -0.39 is 0 Å². The molecule has 6 aromatic carbocycles. The van der Waals surface area contributed by atoms with Crippen LogP contribution >= 0.6 is 0 Å². The highest BCUT2D eigenvalue weighted by atomic mass is 15.1. The lowest BCUT2D eigenvalue weighted by atomic mass is 9.98. The lowest BCUT2D eigenvalue weighted by Crippen LogP contribution is -2.11. The van der Waals surface area contributed by atoms with Crippen LogP contribution in [0.25, 0.3) is 32.3 Å². The summed E-state index contributed by atoms with van der Waals surface area (Å²) in [5.74, 6) is 0. The van der Waals surface area contributed by atoms with Gasteiger partial charge in [0, 0.05) is 16.5 Å². The van der Waals surface area contributed by atoms with E-state index in [9.17, 15) is 0 Å². The van der Waals surface area contributed by atoms with Crippen LogP contribution in [-0.4, -0.2) is 0 Å². The maximum Gasteiger partial charge on any atom is 0.0546 e. The van der Waals surface area contributed by atoms with Crippen molar-refractivity contribution in [2.24, 2.45) is 0 Å². The highest BCUT2D eigenvalue weighted by Gasteiger charge is 2.18. The molecule has 6 aromatic rings. The van der Waals surface area contributed by atoms with E-state index in [0.29, 0.717) is 0 Å². The number of hydrogen-bond acceptors (Lipinski definition) is 1. The van der Waals surface area contributed by atoms with Crippen molar-refractivity contribution in [3.05, 3.63) is 127 Å². The molecule has 0 unspecified atom stereocenters. The second-order valence-corrected chi connectivity index (χ2v) is 7.83. The van der Waals surface area contributed by atoms with E-state index in [2.05, 4.69) is 132 Å². The van der Waals surface area contributed by atoms with E-state index in [1.807, 2.05) is 0 Å². The molecule has 146 valence electrons. The topological polar surface area (TPSA) is 3.24 Å². The van der Waals surface area contributed by atoms with E-state index >= 15 is 0 Å². The summed E-state index contributed by atoms with van der Waals surface area (Å²) in [6.45, 7) is 0. The van der Waals surface area contributed by atoms with Crippen LogP contribution in [0.3, 0.4) is 0 Å². The van der Waals surface area contributed by atoms with Crippen LogP contribution in [0.2, 0.25) is 0 Å². The van der Waals surface area contributed by atoms with E-state index in [-0.39, 0.29) is 0 Å². The SMILES string of the molecule is c1ccc(N(c2cccc3ccccc23)c2cc3ccccc3c3ccccc23)cc1. The van der Waals surface area contributed by atoms with Crippen molar-refractivity contribution in [3.63, 3.8) is 0 Å². The normalized spacial score (nSPS) is 11.2. The Kier molecular flexibility index (Phi) is 4.18. The van der Waals surface area contributed by atoms with Crippen molar-refractivity contribution in [1.29, 1.82) is 0 Å². The summed E-state index contributed by atoms with van der Waals surface area (Å²) in [6.07, 6.45) is 0. The average molecular weight is 396 g/mol. The molecule has 0 fully saturated rings. The van der Waals surface area contributed by atoms with Crippen LogP contribution < -0.4 is 4.90 Å². The number of fused-ring (bicyclic) bond motifs is 4. The molecule has 1 nitrogen and oxygen atoms in total. The van der Waals surface area contributed by atoms with Crippen molar-refractivity contribution < 1.29 is 0 Å². The minimum atomic E-state index is 1.15. The maximum absolute atomic E-state index is 2.40. The highest BCUT2D eigenvalue weighted by molar-refractivity contribution is 6.15. The molecule has 0 saturated heterocycles. The van der Waals surface area contributed by atoms with Crippen molar-refractivity contribution in [1.82, 2.24) is 0 Å². The summed E-state index contributed by atoms with van der Waals surface area (Å²) >= 11 is 0. The van der Waals surface area contributed by atoms with Crippen molar-refractivity contribution >= 4 is 49.4 Å². The molecule has 0 radical (unpaired) electrons. The second-order valence-electron chi connectivity index (χ2n) is 7.83. The Bertz CT molecular complexity index is 1530. The Morgan fingerprint density at radius 2 is 0.935 bits per heavy atom. The summed E-state index contributed by atoms with van der Waals surface area (Å²) in [4.78, 5) is 2.40. The third-order valence-electron chi connectivity index (χ3n) is 6.01. The predicted molar refractivity (Wildman–Crippen MR) is 134 cm³/mol. The second kappa shape index (κ2) is 7.30. The van der Waals surface area contributed by atoms with E-state index in [4.69, 9.17) is 0 Å². The fourth-order valence-corrected chi connectivity index (χ4v) is 4.61. The number of anilines is 3. The third-order valence-corrected chi connectivity index (χ3v) is 6.01. The Labute approximate surface area is 181 Å². The first-order valence-corrected chi connectivity index (χ1v) is 10.6. The fourth-order valence-electron chi connectivity index (χ4n) is 4.61. The standard InChI is InChI=1S/C30H21N/c1-2-14-24(15-3-1)31(29-20-10-13-22-11-4-7-17-26(22)29)30-21-23-12-5-6-16-25(23)27-18-8-9-19-28(27)30/h1-21H. The van der Waals surface area contributed by atoms with Gasteiger partial charge in [-0.15, -0.1) is 0 Å². The van der Waals surface area contributed by atoms with Gasteiger partial charge in [-0.3, -0.25) is 0 Å². The van der Waals surface area contributed by atoms with Crippen molar-refractivity contribution in [2.45, 2.75) is 0 Å². The largest absolute Gasteiger partial charge is 0.309 e. The fraction of sp³-hybridized carbons (Fsp3) is 0. The minimum absolute atomic E-state index is 1.15. The molecule has 0 aliphatic heterocycles. The highest BCUT2D eigenvalue weighted by Crippen LogP contribution is 2.43. The van der Waals surface area contributed by atoms with Gasteiger partial charge < -0.3 is 4.90 Å². The summed E-state index contributed by atoms with van der Waals surface area (Å²) in [6, 6.07) is 45.5. The first kappa shape index (κ1) is 17.7. The lowest BCUT2D eigenvalue weighted by Gasteiger charge is -2.28. The van der Waals surface area contributed by atoms with Gasteiger partial charge in [-0.05, 0) is 45.8 Å². The van der Waals surface area contributed by atoms with Crippen LogP contribution in [0.1, 0.15) is 0 Å². The number of nitrogens with zero attached hydrogens (tertiary/aromatic N) is 1. The van der Waals surface area contributed by atoms with Gasteiger partial charge in [0.1, 0.15) is 0 Å². The predicted octanol–water partition coefficient (Wildman–Crippen LogP) is 8.62. The van der Waals surface area contributed by atoms with Crippen LogP contribution in [0.5, 0.6) is 0 Å². The van der Waals surface area contributed by atoms with Crippen LogP contribution in [0.4, 0.5) is 17.1 Å². The molecule has 0 aliphatic carbocycles. The smallest absolute Gasteiger partial charge is 0.0546 e. The molecule has 6 rings (SSSR count). The maximum atomic E-state index is 2.40. The molecule has 0 N–H and O–H groups in total. The molecule has 0 atom stereocenters. The van der Waals surface area contributed by atoms with Crippen LogP contribution in [-0.2, 0) is 0 Å². The Balaban J connectivity index is 1.75. The Hall–Kier alpha value is -4.10. The number of benzene rings is 6. The van der Waals surface area contributed by atoms with Gasteiger partial charge in [0.2, 0.25) is 0 Å². The number of hydrogen-bond donors (Lipinski definition) is 0. The molecule has 0 saturated carbocycles. The van der Waals surface area contributed by atoms with E-state index in [1.165, 1.54) is 43.7 Å². The zero-order valence-corrected chi connectivity index (χ0v) is 17.1. The summed E-state index contributed by atoms with van der Waals surface area (Å²) < 4.78 is 0. The molecular weight excluding hydrogens is 374 g/mol. The summed E-state index contributed by atoms with van der Waals surface area (Å²) in [7, 11) is 0.